The highest BCUT2D eigenvalue weighted by molar-refractivity contribution is 5.86. The van der Waals surface area contributed by atoms with Crippen LogP contribution in [0.25, 0.3) is 10.9 Å². The van der Waals surface area contributed by atoms with Gasteiger partial charge in [-0.2, -0.15) is 0 Å². The van der Waals surface area contributed by atoms with Gasteiger partial charge in [0.25, 0.3) is 5.56 Å². The third-order valence-corrected chi connectivity index (χ3v) is 2.42. The molecule has 1 aromatic carbocycles. The zero-order valence-corrected chi connectivity index (χ0v) is 8.39. The Bertz CT molecular complexity index is 602. The molecule has 2 rings (SSSR count). The van der Waals surface area contributed by atoms with E-state index in [4.69, 9.17) is 0 Å². The van der Waals surface area contributed by atoms with E-state index in [0.29, 0.717) is 10.9 Å². The fourth-order valence-electron chi connectivity index (χ4n) is 1.57. The summed E-state index contributed by atoms with van der Waals surface area (Å²) in [6.07, 6.45) is 0. The average Bonchev–Trinajstić information content (AvgIpc) is 2.17. The lowest BCUT2D eigenvalue weighted by atomic mass is 10.1. The minimum atomic E-state index is -0.530. The van der Waals surface area contributed by atoms with Crippen molar-refractivity contribution in [2.24, 2.45) is 0 Å². The van der Waals surface area contributed by atoms with Gasteiger partial charge in [-0.3, -0.25) is 4.79 Å². The highest BCUT2D eigenvalue weighted by Gasteiger charge is 2.11. The first-order valence-corrected chi connectivity index (χ1v) is 4.52. The van der Waals surface area contributed by atoms with Gasteiger partial charge in [-0.15, -0.1) is 0 Å². The predicted octanol–water partition coefficient (Wildman–Crippen LogP) is 1.99. The monoisotopic (exact) mass is 207 g/mol. The Balaban J connectivity index is 3.05. The number of nitrogens with one attached hydrogen (secondary N) is 1. The third kappa shape index (κ3) is 1.38. The lowest BCUT2D eigenvalue weighted by Gasteiger charge is -2.05. The number of aromatic hydroxyl groups is 1. The van der Waals surface area contributed by atoms with Crippen LogP contribution >= 0.6 is 0 Å². The second-order valence-corrected chi connectivity index (χ2v) is 3.60. The fourth-order valence-corrected chi connectivity index (χ4v) is 1.57. The van der Waals surface area contributed by atoms with Gasteiger partial charge in [0, 0.05) is 5.39 Å². The summed E-state index contributed by atoms with van der Waals surface area (Å²) >= 11 is 0. The molecule has 0 aliphatic rings. The number of hydrogen-bond donors (Lipinski definition) is 2. The molecule has 0 amide bonds. The molecule has 3 nitrogen and oxygen atoms in total. The molecule has 1 heterocycles. The molecule has 15 heavy (non-hydrogen) atoms. The molecule has 78 valence electrons. The van der Waals surface area contributed by atoms with Gasteiger partial charge in [0.05, 0.1) is 11.1 Å². The maximum Gasteiger partial charge on any atom is 0.255 e. The minimum Gasteiger partial charge on any atom is -0.507 e. The van der Waals surface area contributed by atoms with Gasteiger partial charge in [-0.1, -0.05) is 0 Å². The zero-order valence-electron chi connectivity index (χ0n) is 8.39. The van der Waals surface area contributed by atoms with Crippen LogP contribution in [-0.2, 0) is 0 Å². The SMILES string of the molecule is Cc1cc(F)c2[nH]c(=O)c(C)c(O)c2c1. The minimum absolute atomic E-state index is 0.0497. The van der Waals surface area contributed by atoms with Crippen LogP contribution in [0.3, 0.4) is 0 Å². The van der Waals surface area contributed by atoms with Crippen LogP contribution in [0.5, 0.6) is 5.75 Å². The molecule has 0 aliphatic carbocycles. The number of fused-ring (bicyclic) bond motifs is 1. The highest BCUT2D eigenvalue weighted by atomic mass is 19.1. The molecule has 0 spiro atoms. The van der Waals surface area contributed by atoms with Crippen molar-refractivity contribution in [3.63, 3.8) is 0 Å². The molecule has 0 radical (unpaired) electrons. The van der Waals surface area contributed by atoms with Crippen molar-refractivity contribution in [2.45, 2.75) is 13.8 Å². The normalized spacial score (nSPS) is 10.9. The first-order valence-electron chi connectivity index (χ1n) is 4.52. The topological polar surface area (TPSA) is 53.1 Å². The van der Waals surface area contributed by atoms with E-state index in [1.807, 2.05) is 0 Å². The Morgan fingerprint density at radius 2 is 2.00 bits per heavy atom. The molecule has 2 N–H and O–H groups in total. The molecule has 0 fully saturated rings. The number of H-pyrrole nitrogens is 1. The number of aromatic nitrogens is 1. The maximum absolute atomic E-state index is 13.5. The van der Waals surface area contributed by atoms with Crippen molar-refractivity contribution in [3.8, 4) is 5.75 Å². The van der Waals surface area contributed by atoms with Gasteiger partial charge in [0.15, 0.2) is 0 Å². The number of pyridine rings is 1. The average molecular weight is 207 g/mol. The van der Waals surface area contributed by atoms with Crippen molar-refractivity contribution >= 4 is 10.9 Å². The third-order valence-electron chi connectivity index (χ3n) is 2.42. The summed E-state index contributed by atoms with van der Waals surface area (Å²) in [6.45, 7) is 3.22. The number of aromatic amines is 1. The van der Waals surface area contributed by atoms with Crippen LogP contribution in [0.2, 0.25) is 0 Å². The number of hydrogen-bond acceptors (Lipinski definition) is 2. The van der Waals surface area contributed by atoms with Gasteiger partial charge in [-0.25, -0.2) is 4.39 Å². The number of aryl methyl sites for hydroxylation is 1. The summed E-state index contributed by atoms with van der Waals surface area (Å²) in [5.41, 5.74) is 0.478. The van der Waals surface area contributed by atoms with Crippen molar-refractivity contribution in [3.05, 3.63) is 39.4 Å². The first kappa shape index (κ1) is 9.71. The maximum atomic E-state index is 13.5. The molecular formula is C11H10FNO2. The summed E-state index contributed by atoms with van der Waals surface area (Å²) in [6, 6.07) is 2.95. The van der Waals surface area contributed by atoms with E-state index < -0.39 is 11.4 Å². The molecule has 0 atom stereocenters. The van der Waals surface area contributed by atoms with Crippen LogP contribution in [0.15, 0.2) is 16.9 Å². The first-order chi connectivity index (χ1) is 7.00. The lowest BCUT2D eigenvalue weighted by Crippen LogP contribution is -2.10. The number of rotatable bonds is 0. The number of halogens is 1. The summed E-state index contributed by atoms with van der Waals surface area (Å²) in [5, 5.41) is 10.0. The Labute approximate surface area is 85.2 Å². The fraction of sp³-hybridized carbons (Fsp3) is 0.182. The lowest BCUT2D eigenvalue weighted by molar-refractivity contribution is 0.475. The summed E-state index contributed by atoms with van der Waals surface area (Å²) in [7, 11) is 0. The van der Waals surface area contributed by atoms with Gasteiger partial charge < -0.3 is 10.1 Å². The predicted molar refractivity (Wildman–Crippen MR) is 55.7 cm³/mol. The molecule has 2 aromatic rings. The molecule has 0 saturated heterocycles. The quantitative estimate of drug-likeness (QED) is 0.694. The van der Waals surface area contributed by atoms with E-state index >= 15 is 0 Å². The van der Waals surface area contributed by atoms with Crippen LogP contribution in [0.4, 0.5) is 4.39 Å². The molecule has 0 bridgehead atoms. The van der Waals surface area contributed by atoms with Crippen LogP contribution < -0.4 is 5.56 Å². The molecule has 1 aromatic heterocycles. The van der Waals surface area contributed by atoms with Crippen molar-refractivity contribution in [2.75, 3.05) is 0 Å². The summed E-state index contributed by atoms with van der Waals surface area (Å²) in [4.78, 5) is 13.7. The van der Waals surface area contributed by atoms with E-state index in [2.05, 4.69) is 4.98 Å². The smallest absolute Gasteiger partial charge is 0.255 e. The molecule has 0 unspecified atom stereocenters. The second kappa shape index (κ2) is 3.08. The Morgan fingerprint density at radius 3 is 2.67 bits per heavy atom. The van der Waals surface area contributed by atoms with E-state index in [1.165, 1.54) is 13.0 Å². The van der Waals surface area contributed by atoms with E-state index in [-0.39, 0.29) is 16.8 Å². The largest absolute Gasteiger partial charge is 0.507 e. The molecule has 0 saturated carbocycles. The zero-order chi connectivity index (χ0) is 11.2. The second-order valence-electron chi connectivity index (χ2n) is 3.60. The van der Waals surface area contributed by atoms with E-state index in [9.17, 15) is 14.3 Å². The van der Waals surface area contributed by atoms with Gasteiger partial charge in [0.1, 0.15) is 11.6 Å². The Hall–Kier alpha value is -1.84. The standard InChI is InChI=1S/C11H10FNO2/c1-5-3-7-9(8(12)4-5)13-11(15)6(2)10(7)14/h3-4H,1-2H3,(H2,13,14,15). The van der Waals surface area contributed by atoms with E-state index in [0.717, 1.165) is 0 Å². The van der Waals surface area contributed by atoms with Gasteiger partial charge >= 0.3 is 0 Å². The molecule has 0 aliphatic heterocycles. The summed E-state index contributed by atoms with van der Waals surface area (Å²) < 4.78 is 13.5. The van der Waals surface area contributed by atoms with Crippen LogP contribution in [0.1, 0.15) is 11.1 Å². The van der Waals surface area contributed by atoms with Crippen LogP contribution in [0, 0.1) is 19.7 Å². The Morgan fingerprint density at radius 1 is 1.33 bits per heavy atom. The van der Waals surface area contributed by atoms with Crippen LogP contribution in [-0.4, -0.2) is 10.1 Å². The van der Waals surface area contributed by atoms with Crippen molar-refractivity contribution in [1.82, 2.24) is 4.98 Å². The summed E-state index contributed by atoms with van der Waals surface area (Å²) in [5.74, 6) is -0.686. The Kier molecular flexibility index (Phi) is 2.00. The molecular weight excluding hydrogens is 197 g/mol. The van der Waals surface area contributed by atoms with E-state index in [1.54, 1.807) is 13.0 Å². The highest BCUT2D eigenvalue weighted by Crippen LogP contribution is 2.26. The molecule has 4 heteroatoms. The van der Waals surface area contributed by atoms with Crippen molar-refractivity contribution in [1.29, 1.82) is 0 Å². The van der Waals surface area contributed by atoms with Crippen molar-refractivity contribution < 1.29 is 9.50 Å². The van der Waals surface area contributed by atoms with Gasteiger partial charge in [0.2, 0.25) is 0 Å². The number of benzene rings is 1. The van der Waals surface area contributed by atoms with Gasteiger partial charge in [-0.05, 0) is 31.5 Å².